The van der Waals surface area contributed by atoms with Crippen LogP contribution in [0.5, 0.6) is 0 Å². The Bertz CT molecular complexity index is 566. The highest BCUT2D eigenvalue weighted by atomic mass is 32.1. The van der Waals surface area contributed by atoms with Crippen LogP contribution in [0.3, 0.4) is 0 Å². The summed E-state index contributed by atoms with van der Waals surface area (Å²) in [6.07, 6.45) is 0.986. The zero-order valence-electron chi connectivity index (χ0n) is 10.6. The molecule has 0 fully saturated rings. The molecule has 0 saturated heterocycles. The molecule has 0 atom stereocenters. The Morgan fingerprint density at radius 2 is 1.94 bits per heavy atom. The van der Waals surface area contributed by atoms with Gasteiger partial charge in [0.2, 0.25) is 0 Å². The van der Waals surface area contributed by atoms with Gasteiger partial charge < -0.3 is 5.10 Å². The first kappa shape index (κ1) is 13.0. The number of nitrogens with one attached hydrogen (secondary N) is 1. The van der Waals surface area contributed by atoms with Gasteiger partial charge in [-0.1, -0.05) is 38.2 Å². The average Bonchev–Trinajstić information content (AvgIpc) is 2.61. The predicted octanol–water partition coefficient (Wildman–Crippen LogP) is 3.93. The van der Waals surface area contributed by atoms with E-state index in [-0.39, 0.29) is 5.82 Å². The van der Waals surface area contributed by atoms with E-state index in [0.29, 0.717) is 12.5 Å². The summed E-state index contributed by atoms with van der Waals surface area (Å²) < 4.78 is 15.5. The minimum Gasteiger partial charge on any atom is -0.301 e. The molecule has 18 heavy (non-hydrogen) atoms. The van der Waals surface area contributed by atoms with E-state index >= 15 is 0 Å². The summed E-state index contributed by atoms with van der Waals surface area (Å²) in [5.74, 6) is 0.381. The van der Waals surface area contributed by atoms with Crippen LogP contribution in [0.2, 0.25) is 0 Å². The number of halogens is 1. The molecule has 1 heterocycles. The fourth-order valence-corrected chi connectivity index (χ4v) is 2.17. The molecule has 1 N–H and O–H groups in total. The standard InChI is InChI=1S/C14H17FN2S/c1-10(2)7-13-8-14(18)17(16-13)9-11-3-5-12(15)6-4-11/h3-6,8,10,16H,7,9H2,1-2H3. The van der Waals surface area contributed by atoms with Crippen molar-refractivity contribution < 1.29 is 4.39 Å². The van der Waals surface area contributed by atoms with Crippen LogP contribution in [0.15, 0.2) is 30.3 Å². The summed E-state index contributed by atoms with van der Waals surface area (Å²) in [5.41, 5.74) is 2.18. The quantitative estimate of drug-likeness (QED) is 0.830. The Hall–Kier alpha value is -1.42. The lowest BCUT2D eigenvalue weighted by molar-refractivity contribution is 0.603. The molecule has 0 amide bonds. The van der Waals surface area contributed by atoms with Crippen molar-refractivity contribution in [2.75, 3.05) is 0 Å². The number of nitrogens with zero attached hydrogens (tertiary/aromatic N) is 1. The van der Waals surface area contributed by atoms with Crippen LogP contribution >= 0.6 is 12.2 Å². The second kappa shape index (κ2) is 5.48. The van der Waals surface area contributed by atoms with E-state index in [4.69, 9.17) is 12.2 Å². The number of rotatable bonds is 4. The van der Waals surface area contributed by atoms with Crippen molar-refractivity contribution in [2.24, 2.45) is 5.92 Å². The molecule has 0 radical (unpaired) electrons. The molecule has 96 valence electrons. The lowest BCUT2D eigenvalue weighted by Crippen LogP contribution is -2.03. The van der Waals surface area contributed by atoms with E-state index in [1.165, 1.54) is 12.1 Å². The van der Waals surface area contributed by atoms with Crippen molar-refractivity contribution in [1.29, 1.82) is 0 Å². The predicted molar refractivity (Wildman–Crippen MR) is 73.7 cm³/mol. The van der Waals surface area contributed by atoms with Gasteiger partial charge in [-0.2, -0.15) is 0 Å². The lowest BCUT2D eigenvalue weighted by atomic mass is 10.1. The van der Waals surface area contributed by atoms with Gasteiger partial charge in [-0.3, -0.25) is 4.68 Å². The Morgan fingerprint density at radius 1 is 1.28 bits per heavy atom. The molecule has 0 spiro atoms. The molecule has 1 aromatic heterocycles. The summed E-state index contributed by atoms with van der Waals surface area (Å²) in [7, 11) is 0. The Morgan fingerprint density at radius 3 is 2.56 bits per heavy atom. The highest BCUT2D eigenvalue weighted by Crippen LogP contribution is 2.09. The second-order valence-corrected chi connectivity index (χ2v) is 5.35. The maximum Gasteiger partial charge on any atom is 0.123 e. The van der Waals surface area contributed by atoms with Gasteiger partial charge in [-0.15, -0.1) is 0 Å². The van der Waals surface area contributed by atoms with Crippen LogP contribution in [0.4, 0.5) is 4.39 Å². The number of aromatic amines is 1. The normalized spacial score (nSPS) is 11.1. The minimum absolute atomic E-state index is 0.214. The van der Waals surface area contributed by atoms with Gasteiger partial charge in [0.1, 0.15) is 10.5 Å². The van der Waals surface area contributed by atoms with Crippen LogP contribution in [0.25, 0.3) is 0 Å². The van der Waals surface area contributed by atoms with Gasteiger partial charge in [-0.25, -0.2) is 4.39 Å². The van der Waals surface area contributed by atoms with E-state index in [9.17, 15) is 4.39 Å². The molecule has 0 aliphatic carbocycles. The van der Waals surface area contributed by atoms with Crippen LogP contribution in [-0.4, -0.2) is 9.78 Å². The second-order valence-electron chi connectivity index (χ2n) is 4.93. The number of benzene rings is 1. The summed E-state index contributed by atoms with van der Waals surface area (Å²) in [4.78, 5) is 0. The average molecular weight is 264 g/mol. The smallest absolute Gasteiger partial charge is 0.123 e. The molecule has 0 bridgehead atoms. The van der Waals surface area contributed by atoms with E-state index in [1.54, 1.807) is 12.1 Å². The van der Waals surface area contributed by atoms with Crippen molar-refractivity contribution >= 4 is 12.2 Å². The molecule has 0 aliphatic heterocycles. The summed E-state index contributed by atoms with van der Waals surface area (Å²) >= 11 is 5.31. The number of H-pyrrole nitrogens is 1. The van der Waals surface area contributed by atoms with Gasteiger partial charge in [-0.05, 0) is 36.1 Å². The van der Waals surface area contributed by atoms with Gasteiger partial charge in [0.15, 0.2) is 0 Å². The third-order valence-corrected chi connectivity index (χ3v) is 3.06. The first-order valence-corrected chi connectivity index (χ1v) is 6.48. The monoisotopic (exact) mass is 264 g/mol. The SMILES string of the molecule is CC(C)Cc1cc(=S)n(Cc2ccc(F)cc2)[nH]1. The molecule has 2 nitrogen and oxygen atoms in total. The fourth-order valence-electron chi connectivity index (χ4n) is 1.92. The van der Waals surface area contributed by atoms with E-state index in [1.807, 2.05) is 10.7 Å². The highest BCUT2D eigenvalue weighted by Gasteiger charge is 2.03. The molecule has 2 aromatic rings. The molecular formula is C14H17FN2S. The van der Waals surface area contributed by atoms with Gasteiger partial charge in [0, 0.05) is 5.69 Å². The van der Waals surface area contributed by atoms with Crippen molar-refractivity contribution in [2.45, 2.75) is 26.8 Å². The highest BCUT2D eigenvalue weighted by molar-refractivity contribution is 7.71. The number of hydrogen-bond donors (Lipinski definition) is 1. The van der Waals surface area contributed by atoms with Crippen LogP contribution < -0.4 is 0 Å². The Labute approximate surface area is 111 Å². The van der Waals surface area contributed by atoms with E-state index in [2.05, 4.69) is 18.9 Å². The first-order chi connectivity index (χ1) is 8.54. The molecule has 1 aromatic carbocycles. The summed E-state index contributed by atoms with van der Waals surface area (Å²) in [6.45, 7) is 5.00. The maximum absolute atomic E-state index is 12.8. The summed E-state index contributed by atoms with van der Waals surface area (Å²) in [6, 6.07) is 8.49. The number of hydrogen-bond acceptors (Lipinski definition) is 1. The summed E-state index contributed by atoms with van der Waals surface area (Å²) in [5, 5.41) is 3.29. The largest absolute Gasteiger partial charge is 0.301 e. The molecular weight excluding hydrogens is 247 g/mol. The molecule has 2 rings (SSSR count). The topological polar surface area (TPSA) is 20.7 Å². The van der Waals surface area contributed by atoms with Crippen LogP contribution in [0, 0.1) is 16.4 Å². The van der Waals surface area contributed by atoms with Crippen LogP contribution in [0.1, 0.15) is 25.1 Å². The minimum atomic E-state index is -0.214. The third-order valence-electron chi connectivity index (χ3n) is 2.72. The Kier molecular flexibility index (Phi) is 3.97. The number of aromatic nitrogens is 2. The van der Waals surface area contributed by atoms with Crippen molar-refractivity contribution in [1.82, 2.24) is 9.78 Å². The van der Waals surface area contributed by atoms with Crippen molar-refractivity contribution in [3.05, 3.63) is 52.0 Å². The van der Waals surface area contributed by atoms with Crippen molar-refractivity contribution in [3.8, 4) is 0 Å². The van der Waals surface area contributed by atoms with E-state index < -0.39 is 0 Å². The first-order valence-electron chi connectivity index (χ1n) is 6.08. The van der Waals surface area contributed by atoms with E-state index in [0.717, 1.165) is 22.3 Å². The van der Waals surface area contributed by atoms with Gasteiger partial charge >= 0.3 is 0 Å². The van der Waals surface area contributed by atoms with Gasteiger partial charge in [0.25, 0.3) is 0 Å². The fraction of sp³-hybridized carbons (Fsp3) is 0.357. The molecule has 0 saturated carbocycles. The zero-order valence-corrected chi connectivity index (χ0v) is 11.4. The van der Waals surface area contributed by atoms with Crippen molar-refractivity contribution in [3.63, 3.8) is 0 Å². The molecule has 4 heteroatoms. The maximum atomic E-state index is 12.8. The third kappa shape index (κ3) is 3.29. The Balaban J connectivity index is 2.16. The van der Waals surface area contributed by atoms with Crippen LogP contribution in [-0.2, 0) is 13.0 Å². The molecule has 0 aliphatic rings. The zero-order chi connectivity index (χ0) is 13.1. The lowest BCUT2D eigenvalue weighted by Gasteiger charge is -2.05. The van der Waals surface area contributed by atoms with Gasteiger partial charge in [0.05, 0.1) is 6.54 Å². The molecule has 0 unspecified atom stereocenters.